The monoisotopic (exact) mass is 352 g/mol. The molecule has 1 fully saturated rings. The normalized spacial score (nSPS) is 18.4. The number of hydrogen-bond acceptors (Lipinski definition) is 4. The molecule has 0 bridgehead atoms. The lowest BCUT2D eigenvalue weighted by atomic mass is 10.1. The topological polar surface area (TPSA) is 46.4 Å². The molecular weight excluding hydrogens is 340 g/mol. The molecule has 1 unspecified atom stereocenters. The van der Waals surface area contributed by atoms with Crippen LogP contribution in [0.5, 0.6) is 0 Å². The van der Waals surface area contributed by atoms with E-state index < -0.39 is 0 Å². The molecule has 104 valence electrons. The van der Waals surface area contributed by atoms with Crippen LogP contribution in [0.15, 0.2) is 40.2 Å². The molecule has 0 spiro atoms. The molecule has 0 saturated carbocycles. The van der Waals surface area contributed by atoms with Gasteiger partial charge in [0.05, 0.1) is 11.0 Å². The van der Waals surface area contributed by atoms with Crippen molar-refractivity contribution >= 4 is 38.6 Å². The molecule has 2 heterocycles. The van der Waals surface area contributed by atoms with E-state index in [1.54, 1.807) is 17.4 Å². The number of benzene rings is 1. The Morgan fingerprint density at radius 2 is 2.25 bits per heavy atom. The van der Waals surface area contributed by atoms with Crippen LogP contribution in [0.2, 0.25) is 0 Å². The van der Waals surface area contributed by atoms with Gasteiger partial charge in [-0.05, 0) is 36.4 Å². The summed E-state index contributed by atoms with van der Waals surface area (Å²) in [7, 11) is 0. The number of halogens is 1. The molecule has 0 radical (unpaired) electrons. The van der Waals surface area contributed by atoms with E-state index in [1.165, 1.54) is 4.88 Å². The number of nitro groups is 1. The predicted molar refractivity (Wildman–Crippen MR) is 84.4 cm³/mol. The van der Waals surface area contributed by atoms with Gasteiger partial charge in [-0.15, -0.1) is 11.3 Å². The summed E-state index contributed by atoms with van der Waals surface area (Å²) in [6.07, 6.45) is 2.11. The van der Waals surface area contributed by atoms with Crippen LogP contribution in [-0.4, -0.2) is 11.5 Å². The lowest BCUT2D eigenvalue weighted by molar-refractivity contribution is -0.384. The molecule has 1 aliphatic rings. The maximum absolute atomic E-state index is 11.3. The second-order valence-electron chi connectivity index (χ2n) is 4.76. The van der Waals surface area contributed by atoms with Crippen LogP contribution in [-0.2, 0) is 0 Å². The molecule has 2 aromatic rings. The molecule has 3 rings (SSSR count). The Morgan fingerprint density at radius 1 is 1.40 bits per heavy atom. The van der Waals surface area contributed by atoms with E-state index in [1.807, 2.05) is 18.2 Å². The van der Waals surface area contributed by atoms with Gasteiger partial charge in [-0.3, -0.25) is 10.1 Å². The minimum atomic E-state index is -0.302. The summed E-state index contributed by atoms with van der Waals surface area (Å²) in [4.78, 5) is 14.4. The van der Waals surface area contributed by atoms with Crippen LogP contribution in [0.4, 0.5) is 11.4 Å². The molecule has 4 nitrogen and oxygen atoms in total. The van der Waals surface area contributed by atoms with Gasteiger partial charge in [0.1, 0.15) is 5.69 Å². The minimum absolute atomic E-state index is 0.169. The van der Waals surface area contributed by atoms with Crippen molar-refractivity contribution in [2.75, 3.05) is 11.4 Å². The molecule has 1 aromatic heterocycles. The van der Waals surface area contributed by atoms with Crippen LogP contribution in [0.25, 0.3) is 0 Å². The lowest BCUT2D eigenvalue weighted by Gasteiger charge is -2.25. The van der Waals surface area contributed by atoms with Gasteiger partial charge in [0.2, 0.25) is 0 Å². The number of hydrogen-bond donors (Lipinski definition) is 0. The zero-order valence-electron chi connectivity index (χ0n) is 10.7. The minimum Gasteiger partial charge on any atom is -0.358 e. The summed E-state index contributed by atoms with van der Waals surface area (Å²) in [5.41, 5.74) is 0.886. The van der Waals surface area contributed by atoms with Crippen molar-refractivity contribution in [1.82, 2.24) is 0 Å². The van der Waals surface area contributed by atoms with Crippen molar-refractivity contribution in [2.24, 2.45) is 0 Å². The van der Waals surface area contributed by atoms with Crippen molar-refractivity contribution in [3.8, 4) is 0 Å². The van der Waals surface area contributed by atoms with E-state index in [2.05, 4.69) is 32.3 Å². The second kappa shape index (κ2) is 5.54. The van der Waals surface area contributed by atoms with E-state index in [0.717, 1.165) is 23.9 Å². The largest absolute Gasteiger partial charge is 0.358 e. The summed E-state index contributed by atoms with van der Waals surface area (Å²) in [5, 5.41) is 13.3. The molecule has 1 aromatic carbocycles. The Hall–Kier alpha value is -1.40. The van der Waals surface area contributed by atoms with E-state index in [9.17, 15) is 10.1 Å². The number of nitrogens with zero attached hydrogens (tertiary/aromatic N) is 2. The lowest BCUT2D eigenvalue weighted by Crippen LogP contribution is -2.22. The number of anilines is 1. The van der Waals surface area contributed by atoms with E-state index in [0.29, 0.717) is 5.69 Å². The third-order valence-electron chi connectivity index (χ3n) is 3.57. The van der Waals surface area contributed by atoms with Gasteiger partial charge in [-0.25, -0.2) is 0 Å². The third kappa shape index (κ3) is 2.45. The average molecular weight is 353 g/mol. The van der Waals surface area contributed by atoms with Gasteiger partial charge in [0, 0.05) is 22.0 Å². The predicted octanol–water partition coefficient (Wildman–Crippen LogP) is 4.76. The molecule has 0 amide bonds. The highest BCUT2D eigenvalue weighted by Crippen LogP contribution is 2.42. The molecular formula is C14H13BrN2O2S. The molecule has 1 aliphatic heterocycles. The van der Waals surface area contributed by atoms with Crippen molar-refractivity contribution in [1.29, 1.82) is 0 Å². The van der Waals surface area contributed by atoms with Gasteiger partial charge < -0.3 is 4.90 Å². The fraction of sp³-hybridized carbons (Fsp3) is 0.286. The maximum atomic E-state index is 11.3. The zero-order valence-corrected chi connectivity index (χ0v) is 13.1. The summed E-state index contributed by atoms with van der Waals surface area (Å²) >= 11 is 5.02. The Kier molecular flexibility index (Phi) is 3.76. The molecule has 20 heavy (non-hydrogen) atoms. The fourth-order valence-corrected chi connectivity index (χ4v) is 3.94. The van der Waals surface area contributed by atoms with Gasteiger partial charge in [-0.1, -0.05) is 22.0 Å². The first-order valence-corrected chi connectivity index (χ1v) is 8.08. The molecule has 6 heteroatoms. The maximum Gasteiger partial charge on any atom is 0.293 e. The van der Waals surface area contributed by atoms with Gasteiger partial charge in [0.15, 0.2) is 0 Å². The summed E-state index contributed by atoms with van der Waals surface area (Å²) < 4.78 is 0.736. The fourth-order valence-electron chi connectivity index (χ4n) is 2.72. The summed E-state index contributed by atoms with van der Waals surface area (Å²) in [5.74, 6) is 0. The molecule has 0 aliphatic carbocycles. The van der Waals surface area contributed by atoms with Crippen molar-refractivity contribution in [3.05, 3.63) is 55.2 Å². The van der Waals surface area contributed by atoms with Crippen LogP contribution >= 0.6 is 27.3 Å². The van der Waals surface area contributed by atoms with Crippen molar-refractivity contribution in [2.45, 2.75) is 18.9 Å². The van der Waals surface area contributed by atoms with E-state index in [4.69, 9.17) is 0 Å². The van der Waals surface area contributed by atoms with Gasteiger partial charge in [0.25, 0.3) is 5.69 Å². The van der Waals surface area contributed by atoms with Gasteiger partial charge >= 0.3 is 0 Å². The van der Waals surface area contributed by atoms with Crippen LogP contribution < -0.4 is 4.90 Å². The number of thiophene rings is 1. The Morgan fingerprint density at radius 3 is 2.95 bits per heavy atom. The second-order valence-corrected chi connectivity index (χ2v) is 6.65. The Bertz CT molecular complexity index is 630. The zero-order chi connectivity index (χ0) is 14.1. The third-order valence-corrected chi connectivity index (χ3v) is 5.03. The standard InChI is InChI=1S/C14H13BrN2O2S/c15-10-5-6-11(13(9-10)17(18)19)16-7-1-3-12(16)14-4-2-8-20-14/h2,4-6,8-9,12H,1,3,7H2. The van der Waals surface area contributed by atoms with Crippen molar-refractivity contribution < 1.29 is 4.92 Å². The van der Waals surface area contributed by atoms with E-state index >= 15 is 0 Å². The first kappa shape index (κ1) is 13.6. The highest BCUT2D eigenvalue weighted by atomic mass is 79.9. The van der Waals surface area contributed by atoms with Gasteiger partial charge in [-0.2, -0.15) is 0 Å². The van der Waals surface area contributed by atoms with Crippen molar-refractivity contribution in [3.63, 3.8) is 0 Å². The first-order chi connectivity index (χ1) is 9.66. The SMILES string of the molecule is O=[N+]([O-])c1cc(Br)ccc1N1CCCC1c1cccs1. The molecule has 1 atom stereocenters. The van der Waals surface area contributed by atoms with Crippen LogP contribution in [0.1, 0.15) is 23.8 Å². The molecule has 1 saturated heterocycles. The highest BCUT2D eigenvalue weighted by Gasteiger charge is 2.31. The molecule has 0 N–H and O–H groups in total. The average Bonchev–Trinajstić information content (AvgIpc) is 3.09. The quantitative estimate of drug-likeness (QED) is 0.590. The first-order valence-electron chi connectivity index (χ1n) is 6.41. The Balaban J connectivity index is 2.02. The highest BCUT2D eigenvalue weighted by molar-refractivity contribution is 9.10. The smallest absolute Gasteiger partial charge is 0.293 e. The van der Waals surface area contributed by atoms with Crippen LogP contribution in [0.3, 0.4) is 0 Å². The number of rotatable bonds is 3. The Labute approximate surface area is 129 Å². The van der Waals surface area contributed by atoms with Crippen LogP contribution in [0, 0.1) is 10.1 Å². The summed E-state index contributed by atoms with van der Waals surface area (Å²) in [6.45, 7) is 0.866. The summed E-state index contributed by atoms with van der Waals surface area (Å²) in [6, 6.07) is 9.69. The number of nitro benzene ring substituents is 1. The van der Waals surface area contributed by atoms with E-state index in [-0.39, 0.29) is 16.7 Å².